The molecule has 6 nitrogen and oxygen atoms in total. The summed E-state index contributed by atoms with van der Waals surface area (Å²) < 4.78 is 1.73. The molecule has 0 atom stereocenters. The fraction of sp³-hybridized carbons (Fsp3) is 0.308. The molecule has 0 fully saturated rings. The van der Waals surface area contributed by atoms with Gasteiger partial charge < -0.3 is 22.5 Å². The highest BCUT2D eigenvalue weighted by molar-refractivity contribution is 5.63. The Morgan fingerprint density at radius 3 is 2.58 bits per heavy atom. The molecule has 1 aromatic heterocycles. The number of aromatic nitrogens is 2. The first kappa shape index (κ1) is 13.1. The first-order chi connectivity index (χ1) is 8.99. The quantitative estimate of drug-likeness (QED) is 0.627. The van der Waals surface area contributed by atoms with Crippen molar-refractivity contribution in [3.05, 3.63) is 30.0 Å². The predicted octanol–water partition coefficient (Wildman–Crippen LogP) is 1.82. The summed E-state index contributed by atoms with van der Waals surface area (Å²) in [6.45, 7) is 4.54. The Morgan fingerprint density at radius 1 is 1.26 bits per heavy atom. The highest BCUT2D eigenvalue weighted by Gasteiger charge is 2.14. The number of benzene rings is 1. The summed E-state index contributed by atoms with van der Waals surface area (Å²) in [4.78, 5) is 0. The molecule has 0 saturated heterocycles. The fourth-order valence-electron chi connectivity index (χ4n) is 1.87. The van der Waals surface area contributed by atoms with Crippen LogP contribution < -0.4 is 22.5 Å². The van der Waals surface area contributed by atoms with Gasteiger partial charge in [0.05, 0.1) is 12.2 Å². The number of hydrogen-bond acceptors (Lipinski definition) is 5. The topological polar surface area (TPSA) is 108 Å². The van der Waals surface area contributed by atoms with Crippen LogP contribution in [0.4, 0.5) is 22.9 Å². The van der Waals surface area contributed by atoms with E-state index in [1.807, 2.05) is 38.1 Å². The zero-order chi connectivity index (χ0) is 14.0. The number of nitrogens with two attached hydrogens (primary N) is 3. The highest BCUT2D eigenvalue weighted by atomic mass is 15.3. The zero-order valence-electron chi connectivity index (χ0n) is 11.2. The lowest BCUT2D eigenvalue weighted by atomic mass is 10.2. The molecule has 0 spiro atoms. The first-order valence-electron chi connectivity index (χ1n) is 6.20. The van der Waals surface area contributed by atoms with Gasteiger partial charge in [0.2, 0.25) is 0 Å². The maximum atomic E-state index is 5.96. The normalized spacial score (nSPS) is 10.9. The third-order valence-corrected chi connectivity index (χ3v) is 2.90. The SMILES string of the molecule is CC(C)n1nc(CNc2cccc(N)c2)c(N)c1N. The molecule has 0 amide bonds. The van der Waals surface area contributed by atoms with Crippen LogP contribution in [-0.2, 0) is 6.54 Å². The Balaban J connectivity index is 2.14. The van der Waals surface area contributed by atoms with Crippen molar-refractivity contribution in [1.29, 1.82) is 0 Å². The average Bonchev–Trinajstić information content (AvgIpc) is 2.64. The van der Waals surface area contributed by atoms with E-state index < -0.39 is 0 Å². The van der Waals surface area contributed by atoms with Gasteiger partial charge in [-0.3, -0.25) is 0 Å². The Labute approximate surface area is 112 Å². The second-order valence-electron chi connectivity index (χ2n) is 4.76. The van der Waals surface area contributed by atoms with E-state index in [2.05, 4.69) is 10.4 Å². The molecule has 0 unspecified atom stereocenters. The molecule has 0 aliphatic carbocycles. The van der Waals surface area contributed by atoms with E-state index in [1.165, 1.54) is 0 Å². The van der Waals surface area contributed by atoms with Crippen LogP contribution in [0.2, 0.25) is 0 Å². The predicted molar refractivity (Wildman–Crippen MR) is 79.6 cm³/mol. The summed E-state index contributed by atoms with van der Waals surface area (Å²) in [6.07, 6.45) is 0. The van der Waals surface area contributed by atoms with Crippen LogP contribution in [0.15, 0.2) is 24.3 Å². The molecule has 0 radical (unpaired) electrons. The van der Waals surface area contributed by atoms with Crippen LogP contribution in [0, 0.1) is 0 Å². The van der Waals surface area contributed by atoms with Gasteiger partial charge in [0.15, 0.2) is 0 Å². The van der Waals surface area contributed by atoms with Crippen molar-refractivity contribution in [2.45, 2.75) is 26.4 Å². The molecule has 19 heavy (non-hydrogen) atoms. The molecule has 102 valence electrons. The van der Waals surface area contributed by atoms with Crippen molar-refractivity contribution in [2.24, 2.45) is 0 Å². The van der Waals surface area contributed by atoms with Gasteiger partial charge in [-0.25, -0.2) is 4.68 Å². The van der Waals surface area contributed by atoms with Crippen molar-refractivity contribution in [3.63, 3.8) is 0 Å². The maximum absolute atomic E-state index is 5.96. The molecule has 0 saturated carbocycles. The molecule has 2 rings (SSSR count). The van der Waals surface area contributed by atoms with E-state index in [1.54, 1.807) is 4.68 Å². The molecular formula is C13H20N6. The number of hydrogen-bond donors (Lipinski definition) is 4. The fourth-order valence-corrected chi connectivity index (χ4v) is 1.87. The Hall–Kier alpha value is -2.37. The van der Waals surface area contributed by atoms with Gasteiger partial charge in [-0.05, 0) is 32.0 Å². The van der Waals surface area contributed by atoms with Crippen LogP contribution in [0.5, 0.6) is 0 Å². The van der Waals surface area contributed by atoms with E-state index in [9.17, 15) is 0 Å². The van der Waals surface area contributed by atoms with E-state index in [-0.39, 0.29) is 6.04 Å². The van der Waals surface area contributed by atoms with Gasteiger partial charge in [-0.2, -0.15) is 5.10 Å². The van der Waals surface area contributed by atoms with Gasteiger partial charge in [0, 0.05) is 17.4 Å². The lowest BCUT2D eigenvalue weighted by Gasteiger charge is -2.07. The Morgan fingerprint density at radius 2 is 2.00 bits per heavy atom. The molecule has 7 N–H and O–H groups in total. The standard InChI is InChI=1S/C13H20N6/c1-8(2)19-13(16)12(15)11(18-19)7-17-10-5-3-4-9(14)6-10/h3-6,8,17H,7,14-16H2,1-2H3. The maximum Gasteiger partial charge on any atom is 0.145 e. The van der Waals surface area contributed by atoms with Gasteiger partial charge >= 0.3 is 0 Å². The second kappa shape index (κ2) is 5.09. The molecular weight excluding hydrogens is 240 g/mol. The van der Waals surface area contributed by atoms with Crippen molar-refractivity contribution in [1.82, 2.24) is 9.78 Å². The van der Waals surface area contributed by atoms with Crippen molar-refractivity contribution in [2.75, 3.05) is 22.5 Å². The first-order valence-corrected chi connectivity index (χ1v) is 6.20. The van der Waals surface area contributed by atoms with Crippen LogP contribution in [0.3, 0.4) is 0 Å². The summed E-state index contributed by atoms with van der Waals surface area (Å²) in [7, 11) is 0. The molecule has 6 heteroatoms. The Bertz CT molecular complexity index is 573. The third-order valence-electron chi connectivity index (χ3n) is 2.90. The summed E-state index contributed by atoms with van der Waals surface area (Å²) in [5.41, 5.74) is 20.5. The van der Waals surface area contributed by atoms with E-state index >= 15 is 0 Å². The van der Waals surface area contributed by atoms with Crippen molar-refractivity contribution in [3.8, 4) is 0 Å². The molecule has 0 aliphatic heterocycles. The molecule has 2 aromatic rings. The van der Waals surface area contributed by atoms with Crippen LogP contribution in [0.25, 0.3) is 0 Å². The van der Waals surface area contributed by atoms with Crippen molar-refractivity contribution < 1.29 is 0 Å². The van der Waals surface area contributed by atoms with Gasteiger partial charge in [-0.15, -0.1) is 0 Å². The van der Waals surface area contributed by atoms with Crippen LogP contribution >= 0.6 is 0 Å². The number of nitrogens with one attached hydrogen (secondary N) is 1. The van der Waals surface area contributed by atoms with E-state index in [0.717, 1.165) is 11.4 Å². The number of nitrogen functional groups attached to an aromatic ring is 3. The summed E-state index contributed by atoms with van der Waals surface area (Å²) in [5.74, 6) is 0.513. The largest absolute Gasteiger partial charge is 0.399 e. The van der Waals surface area contributed by atoms with E-state index in [4.69, 9.17) is 17.2 Å². The average molecular weight is 260 g/mol. The molecule has 0 aliphatic rings. The summed E-state index contributed by atoms with van der Waals surface area (Å²) >= 11 is 0. The van der Waals surface area contributed by atoms with Gasteiger partial charge in [0.25, 0.3) is 0 Å². The van der Waals surface area contributed by atoms with Crippen molar-refractivity contribution >= 4 is 22.9 Å². The minimum atomic E-state index is 0.184. The minimum absolute atomic E-state index is 0.184. The number of nitrogens with zero attached hydrogens (tertiary/aromatic N) is 2. The summed E-state index contributed by atoms with van der Waals surface area (Å²) in [6, 6.07) is 7.71. The highest BCUT2D eigenvalue weighted by Crippen LogP contribution is 2.24. The lowest BCUT2D eigenvalue weighted by Crippen LogP contribution is -2.08. The van der Waals surface area contributed by atoms with Crippen LogP contribution in [0.1, 0.15) is 25.6 Å². The van der Waals surface area contributed by atoms with Gasteiger partial charge in [0.1, 0.15) is 11.5 Å². The number of anilines is 4. The molecule has 0 bridgehead atoms. The number of rotatable bonds is 4. The minimum Gasteiger partial charge on any atom is -0.399 e. The second-order valence-corrected chi connectivity index (χ2v) is 4.76. The van der Waals surface area contributed by atoms with Crippen LogP contribution in [-0.4, -0.2) is 9.78 Å². The van der Waals surface area contributed by atoms with Gasteiger partial charge in [-0.1, -0.05) is 6.07 Å². The van der Waals surface area contributed by atoms with E-state index in [0.29, 0.717) is 23.7 Å². The third kappa shape index (κ3) is 2.73. The summed E-state index contributed by atoms with van der Waals surface area (Å²) in [5, 5.41) is 7.65. The molecule has 1 heterocycles. The smallest absolute Gasteiger partial charge is 0.145 e. The molecule has 1 aromatic carbocycles. The Kier molecular flexibility index (Phi) is 3.50. The zero-order valence-corrected chi connectivity index (χ0v) is 11.2. The monoisotopic (exact) mass is 260 g/mol. The lowest BCUT2D eigenvalue weighted by molar-refractivity contribution is 0.535.